The molecule has 1 fully saturated rings. The highest BCUT2D eigenvalue weighted by Crippen LogP contribution is 2.56. The molecule has 226 valence electrons. The number of hydrogen-bond donors (Lipinski definition) is 2. The molecule has 3 aromatic rings. The van der Waals surface area contributed by atoms with Crippen molar-refractivity contribution in [3.05, 3.63) is 112 Å². The van der Waals surface area contributed by atoms with E-state index in [2.05, 4.69) is 21.2 Å². The molecule has 4 aliphatic rings. The summed E-state index contributed by atoms with van der Waals surface area (Å²) in [6.45, 7) is 2.13. The average molecular weight is 666 g/mol. The number of ether oxygens (including phenoxy) is 1. The van der Waals surface area contributed by atoms with Gasteiger partial charge < -0.3 is 15.2 Å². The topological polar surface area (TPSA) is 113 Å². The molecule has 9 heteroatoms. The van der Waals surface area contributed by atoms with Gasteiger partial charge in [0.1, 0.15) is 0 Å². The van der Waals surface area contributed by atoms with Crippen molar-refractivity contribution in [2.24, 2.45) is 17.8 Å². The molecule has 0 bridgehead atoms. The molecule has 0 aromatic heterocycles. The van der Waals surface area contributed by atoms with Gasteiger partial charge in [-0.2, -0.15) is 0 Å². The number of ketones is 2. The molecule has 0 radical (unpaired) electrons. The summed E-state index contributed by atoms with van der Waals surface area (Å²) in [7, 11) is 0. The summed E-state index contributed by atoms with van der Waals surface area (Å²) in [5.41, 5.74) is 4.45. The van der Waals surface area contributed by atoms with E-state index in [1.807, 2.05) is 48.5 Å². The number of phenolic OH excluding ortho intramolecular Hbond substituents is 1. The van der Waals surface area contributed by atoms with E-state index in [9.17, 15) is 24.3 Å². The first-order valence-electron chi connectivity index (χ1n) is 14.9. The molecule has 0 spiro atoms. The van der Waals surface area contributed by atoms with Gasteiger partial charge in [0.05, 0.1) is 28.6 Å². The van der Waals surface area contributed by atoms with Crippen molar-refractivity contribution in [2.75, 3.05) is 16.8 Å². The van der Waals surface area contributed by atoms with Crippen LogP contribution in [0.3, 0.4) is 0 Å². The summed E-state index contributed by atoms with van der Waals surface area (Å²) in [5.74, 6) is -3.29. The van der Waals surface area contributed by atoms with E-state index in [1.54, 1.807) is 31.2 Å². The Balaban J connectivity index is 1.26. The van der Waals surface area contributed by atoms with Gasteiger partial charge in [-0.1, -0.05) is 35.9 Å². The predicted molar refractivity (Wildman–Crippen MR) is 173 cm³/mol. The van der Waals surface area contributed by atoms with Gasteiger partial charge in [0.25, 0.3) is 0 Å². The lowest BCUT2D eigenvalue weighted by Crippen LogP contribution is -2.39. The van der Waals surface area contributed by atoms with Crippen LogP contribution < -0.4 is 15.0 Å². The second-order valence-corrected chi connectivity index (χ2v) is 12.5. The summed E-state index contributed by atoms with van der Waals surface area (Å²) >= 11 is 3.26. The Morgan fingerprint density at radius 1 is 0.933 bits per heavy atom. The van der Waals surface area contributed by atoms with Gasteiger partial charge in [-0.25, -0.2) is 0 Å². The maximum absolute atomic E-state index is 14.2. The second kappa shape index (κ2) is 11.3. The maximum Gasteiger partial charge on any atom is 0.238 e. The van der Waals surface area contributed by atoms with E-state index in [1.165, 1.54) is 17.0 Å². The SMILES string of the molecule is CCOc1cc(C2C3=CCC4C(=O)N(c5ccc(Nc6ccccc6)cc5)C(=O)C4C3CC3=C2C(=O)C=C(Br)C3=O)ccc1O. The van der Waals surface area contributed by atoms with Crippen LogP contribution in [0.5, 0.6) is 11.5 Å². The van der Waals surface area contributed by atoms with E-state index in [0.29, 0.717) is 35.4 Å². The number of phenols is 1. The number of imide groups is 1. The minimum Gasteiger partial charge on any atom is -0.504 e. The van der Waals surface area contributed by atoms with Crippen LogP contribution in [0.1, 0.15) is 31.2 Å². The van der Waals surface area contributed by atoms with Gasteiger partial charge >= 0.3 is 0 Å². The number of nitrogens with zero attached hydrogens (tertiary/aromatic N) is 1. The van der Waals surface area contributed by atoms with Gasteiger partial charge in [-0.15, -0.1) is 0 Å². The minimum atomic E-state index is -0.688. The fourth-order valence-electron chi connectivity index (χ4n) is 7.20. The molecule has 4 atom stereocenters. The quantitative estimate of drug-likeness (QED) is 0.176. The van der Waals surface area contributed by atoms with Crippen LogP contribution in [0.25, 0.3) is 0 Å². The summed E-state index contributed by atoms with van der Waals surface area (Å²) in [4.78, 5) is 56.3. The first-order valence-corrected chi connectivity index (χ1v) is 15.7. The van der Waals surface area contributed by atoms with E-state index < -0.39 is 23.7 Å². The molecule has 1 heterocycles. The van der Waals surface area contributed by atoms with Crippen LogP contribution in [0.2, 0.25) is 0 Å². The van der Waals surface area contributed by atoms with E-state index in [-0.39, 0.29) is 45.8 Å². The summed E-state index contributed by atoms with van der Waals surface area (Å²) in [6.07, 6.45) is 3.78. The number of aromatic hydroxyl groups is 1. The molecular formula is C36H29BrN2O6. The number of nitrogens with one attached hydrogen (secondary N) is 1. The number of Topliss-reactive ketones (excluding diaryl/α,β-unsaturated/α-hetero) is 1. The van der Waals surface area contributed by atoms with Crippen LogP contribution in [0.4, 0.5) is 17.1 Å². The molecule has 2 N–H and O–H groups in total. The molecule has 45 heavy (non-hydrogen) atoms. The molecule has 2 amide bonds. The van der Waals surface area contributed by atoms with Crippen molar-refractivity contribution in [3.63, 3.8) is 0 Å². The van der Waals surface area contributed by atoms with Crippen molar-refractivity contribution in [3.8, 4) is 11.5 Å². The largest absolute Gasteiger partial charge is 0.504 e. The van der Waals surface area contributed by atoms with Crippen molar-refractivity contribution >= 4 is 56.4 Å². The number of amides is 2. The van der Waals surface area contributed by atoms with E-state index in [4.69, 9.17) is 4.74 Å². The predicted octanol–water partition coefficient (Wildman–Crippen LogP) is 6.50. The van der Waals surface area contributed by atoms with Gasteiger partial charge in [-0.3, -0.25) is 24.1 Å². The third-order valence-corrected chi connectivity index (χ3v) is 9.73. The van der Waals surface area contributed by atoms with Gasteiger partial charge in [0.15, 0.2) is 23.1 Å². The monoisotopic (exact) mass is 664 g/mol. The lowest BCUT2D eigenvalue weighted by atomic mass is 9.59. The fourth-order valence-corrected chi connectivity index (χ4v) is 7.65. The molecule has 1 aliphatic heterocycles. The number of hydrogen-bond acceptors (Lipinski definition) is 7. The fraction of sp³-hybridized carbons (Fsp3) is 0.222. The number of carbonyl (C=O) groups is 4. The Morgan fingerprint density at radius 2 is 1.67 bits per heavy atom. The number of carbonyl (C=O) groups excluding carboxylic acids is 4. The normalized spacial score (nSPS) is 24.1. The zero-order chi connectivity index (χ0) is 31.4. The van der Waals surface area contributed by atoms with Crippen LogP contribution in [-0.2, 0) is 19.2 Å². The van der Waals surface area contributed by atoms with Crippen LogP contribution in [-0.4, -0.2) is 35.1 Å². The molecule has 3 aliphatic carbocycles. The van der Waals surface area contributed by atoms with E-state index >= 15 is 0 Å². The lowest BCUT2D eigenvalue weighted by molar-refractivity contribution is -0.123. The first kappa shape index (κ1) is 29.0. The summed E-state index contributed by atoms with van der Waals surface area (Å²) in [6, 6.07) is 21.8. The maximum atomic E-state index is 14.2. The molecule has 3 aromatic carbocycles. The highest BCUT2D eigenvalue weighted by Gasteiger charge is 2.56. The Bertz CT molecular complexity index is 1860. The average Bonchev–Trinajstić information content (AvgIpc) is 3.30. The van der Waals surface area contributed by atoms with Gasteiger partial charge in [0.2, 0.25) is 11.8 Å². The number of allylic oxidation sites excluding steroid dienone is 6. The second-order valence-electron chi connectivity index (χ2n) is 11.6. The van der Waals surface area contributed by atoms with Crippen LogP contribution in [0.15, 0.2) is 106 Å². The minimum absolute atomic E-state index is 0.0364. The van der Waals surface area contributed by atoms with Gasteiger partial charge in [0, 0.05) is 34.5 Å². The van der Waals surface area contributed by atoms with Crippen molar-refractivity contribution < 1.29 is 29.0 Å². The third kappa shape index (κ3) is 4.82. The zero-order valence-corrected chi connectivity index (χ0v) is 25.9. The number of fused-ring (bicyclic) bond motifs is 3. The van der Waals surface area contributed by atoms with Gasteiger partial charge in [-0.05, 0) is 95.7 Å². The molecule has 4 unspecified atom stereocenters. The summed E-state index contributed by atoms with van der Waals surface area (Å²) in [5, 5.41) is 13.7. The van der Waals surface area contributed by atoms with Crippen molar-refractivity contribution in [1.29, 1.82) is 0 Å². The Morgan fingerprint density at radius 3 is 2.40 bits per heavy atom. The number of para-hydroxylation sites is 1. The Labute approximate surface area is 268 Å². The van der Waals surface area contributed by atoms with Crippen LogP contribution >= 0.6 is 15.9 Å². The molecular weight excluding hydrogens is 636 g/mol. The lowest BCUT2D eigenvalue weighted by Gasteiger charge is -2.42. The Hall–Kier alpha value is -4.76. The number of halogens is 1. The first-order chi connectivity index (χ1) is 21.8. The van der Waals surface area contributed by atoms with E-state index in [0.717, 1.165) is 16.9 Å². The smallest absolute Gasteiger partial charge is 0.238 e. The molecule has 8 nitrogen and oxygen atoms in total. The standard InChI is InChI=1S/C36H29BrN2O6/c1-2-45-30-16-19(8-15-28(30)40)31-23-13-14-24-32(25(23)17-26-33(31)29(41)18-27(37)34(26)42)36(44)39(35(24)43)22-11-9-21(10-12-22)38-20-6-4-3-5-7-20/h3-13,15-16,18,24-25,31-32,38,40H,2,14,17H2,1H3. The molecule has 0 saturated carbocycles. The van der Waals surface area contributed by atoms with Crippen molar-refractivity contribution in [1.82, 2.24) is 0 Å². The molecule has 7 rings (SSSR count). The highest BCUT2D eigenvalue weighted by atomic mass is 79.9. The zero-order valence-electron chi connectivity index (χ0n) is 24.3. The molecule has 1 saturated heterocycles. The van der Waals surface area contributed by atoms with Crippen molar-refractivity contribution in [2.45, 2.75) is 25.7 Å². The number of anilines is 3. The highest BCUT2D eigenvalue weighted by molar-refractivity contribution is 9.12. The van der Waals surface area contributed by atoms with Crippen LogP contribution in [0, 0.1) is 17.8 Å². The number of benzene rings is 3. The summed E-state index contributed by atoms with van der Waals surface area (Å²) < 4.78 is 5.82. The Kier molecular flexibility index (Phi) is 7.28. The number of rotatable bonds is 6. The third-order valence-electron chi connectivity index (χ3n) is 9.14.